The molecule has 0 saturated heterocycles. The Bertz CT molecular complexity index is 1260. The maximum atomic E-state index is 6.27. The maximum Gasteiger partial charge on any atom is 0.146 e. The third kappa shape index (κ3) is 3.22. The first-order valence-corrected chi connectivity index (χ1v) is 10.1. The summed E-state index contributed by atoms with van der Waals surface area (Å²) in [4.78, 5) is 13.1. The van der Waals surface area contributed by atoms with Gasteiger partial charge >= 0.3 is 0 Å². The summed E-state index contributed by atoms with van der Waals surface area (Å²) in [7, 11) is 1.87. The molecule has 1 aromatic carbocycles. The highest BCUT2D eigenvalue weighted by molar-refractivity contribution is 5.86. The van der Waals surface area contributed by atoms with E-state index in [1.54, 1.807) is 0 Å². The van der Waals surface area contributed by atoms with Gasteiger partial charge in [0.15, 0.2) is 0 Å². The monoisotopic (exact) mass is 400 g/mol. The van der Waals surface area contributed by atoms with Crippen molar-refractivity contribution >= 4 is 33.6 Å². The van der Waals surface area contributed by atoms with Gasteiger partial charge in [-0.25, -0.2) is 15.0 Å². The zero-order chi connectivity index (χ0) is 20.7. The van der Waals surface area contributed by atoms with Crippen molar-refractivity contribution in [2.45, 2.75) is 31.9 Å². The second kappa shape index (κ2) is 7.33. The highest BCUT2D eigenvalue weighted by Gasteiger charge is 2.23. The largest absolute Gasteiger partial charge is 0.486 e. The minimum atomic E-state index is -0.0125. The predicted octanol–water partition coefficient (Wildman–Crippen LogP) is 4.33. The van der Waals surface area contributed by atoms with E-state index in [-0.39, 0.29) is 12.1 Å². The van der Waals surface area contributed by atoms with Crippen LogP contribution in [0.3, 0.4) is 0 Å². The molecule has 7 nitrogen and oxygen atoms in total. The van der Waals surface area contributed by atoms with Crippen LogP contribution in [-0.2, 0) is 0 Å². The molecule has 0 radical (unpaired) electrons. The predicted molar refractivity (Wildman–Crippen MR) is 120 cm³/mol. The fraction of sp³-hybridized carbons (Fsp3) is 0.261. The number of benzene rings is 1. The Labute approximate surface area is 174 Å². The van der Waals surface area contributed by atoms with Gasteiger partial charge in [0.1, 0.15) is 35.5 Å². The van der Waals surface area contributed by atoms with Crippen molar-refractivity contribution in [3.05, 3.63) is 60.6 Å². The highest BCUT2D eigenvalue weighted by Crippen LogP contribution is 2.34. The zero-order valence-electron chi connectivity index (χ0n) is 17.0. The molecular formula is C23H24N6O. The Morgan fingerprint density at radius 3 is 2.93 bits per heavy atom. The summed E-state index contributed by atoms with van der Waals surface area (Å²) >= 11 is 0. The van der Waals surface area contributed by atoms with Crippen LogP contribution in [0.4, 0.5) is 11.6 Å². The molecule has 0 aliphatic heterocycles. The van der Waals surface area contributed by atoms with E-state index in [1.807, 2.05) is 43.6 Å². The minimum Gasteiger partial charge on any atom is -0.486 e. The van der Waals surface area contributed by atoms with Gasteiger partial charge in [-0.1, -0.05) is 6.08 Å². The summed E-state index contributed by atoms with van der Waals surface area (Å²) in [5.74, 6) is 2.19. The molecule has 0 bridgehead atoms. The average Bonchev–Trinajstić information content (AvgIpc) is 3.41. The Balaban J connectivity index is 1.37. The Kier molecular flexibility index (Phi) is 4.50. The summed E-state index contributed by atoms with van der Waals surface area (Å²) in [5, 5.41) is 5.07. The van der Waals surface area contributed by atoms with E-state index < -0.39 is 0 Å². The molecule has 0 fully saturated rings. The number of pyridine rings is 1. The molecule has 2 atom stereocenters. The number of nitrogen functional groups attached to an aromatic ring is 1. The van der Waals surface area contributed by atoms with Gasteiger partial charge in [0.25, 0.3) is 0 Å². The van der Waals surface area contributed by atoms with E-state index in [0.717, 1.165) is 46.3 Å². The van der Waals surface area contributed by atoms with Gasteiger partial charge in [-0.2, -0.15) is 0 Å². The molecule has 152 valence electrons. The molecule has 1 aliphatic rings. The number of anilines is 2. The number of hydrogen-bond donors (Lipinski definition) is 2. The lowest BCUT2D eigenvalue weighted by Crippen LogP contribution is -2.13. The van der Waals surface area contributed by atoms with Gasteiger partial charge in [0, 0.05) is 24.7 Å². The van der Waals surface area contributed by atoms with Crippen molar-refractivity contribution in [2.75, 3.05) is 18.1 Å². The molecule has 3 N–H and O–H groups in total. The number of hydrogen-bond acceptors (Lipinski definition) is 6. The molecule has 0 amide bonds. The second-order valence-corrected chi connectivity index (χ2v) is 7.63. The molecule has 2 unspecified atom stereocenters. The van der Waals surface area contributed by atoms with E-state index in [9.17, 15) is 0 Å². The maximum absolute atomic E-state index is 6.27. The first kappa shape index (κ1) is 18.4. The first-order valence-electron chi connectivity index (χ1n) is 10.1. The fourth-order valence-electron chi connectivity index (χ4n) is 4.13. The number of allylic oxidation sites excluding steroid dienone is 1. The van der Waals surface area contributed by atoms with Crippen LogP contribution in [0.25, 0.3) is 21.9 Å². The summed E-state index contributed by atoms with van der Waals surface area (Å²) < 4.78 is 8.44. The summed E-state index contributed by atoms with van der Waals surface area (Å²) in [5.41, 5.74) is 9.06. The van der Waals surface area contributed by atoms with Crippen molar-refractivity contribution in [3.8, 4) is 5.75 Å². The Morgan fingerprint density at radius 2 is 2.07 bits per heavy atom. The van der Waals surface area contributed by atoms with Crippen molar-refractivity contribution in [3.63, 3.8) is 0 Å². The van der Waals surface area contributed by atoms with E-state index in [0.29, 0.717) is 5.82 Å². The van der Waals surface area contributed by atoms with Crippen LogP contribution in [0, 0.1) is 0 Å². The van der Waals surface area contributed by atoms with E-state index in [4.69, 9.17) is 10.5 Å². The molecule has 5 rings (SSSR count). The van der Waals surface area contributed by atoms with E-state index in [2.05, 4.69) is 43.9 Å². The van der Waals surface area contributed by atoms with E-state index >= 15 is 0 Å². The number of aromatic nitrogens is 4. The van der Waals surface area contributed by atoms with E-state index in [1.165, 1.54) is 11.9 Å². The summed E-state index contributed by atoms with van der Waals surface area (Å²) in [6.45, 7) is 2.10. The number of nitrogens with two attached hydrogens (primary N) is 1. The lowest BCUT2D eigenvalue weighted by atomic mass is 10.1. The Hall–Kier alpha value is -3.61. The number of ether oxygens (including phenoxy) is 1. The van der Waals surface area contributed by atoms with Crippen molar-refractivity contribution < 1.29 is 4.74 Å². The molecule has 7 heteroatoms. The number of nitrogens with zero attached hydrogens (tertiary/aromatic N) is 4. The molecule has 4 aromatic rings. The fourth-order valence-corrected chi connectivity index (χ4v) is 4.13. The van der Waals surface area contributed by atoms with Gasteiger partial charge in [-0.15, -0.1) is 0 Å². The minimum absolute atomic E-state index is 0.0125. The van der Waals surface area contributed by atoms with Crippen LogP contribution in [0.5, 0.6) is 5.75 Å². The molecular weight excluding hydrogens is 376 g/mol. The van der Waals surface area contributed by atoms with Crippen LogP contribution >= 0.6 is 0 Å². The highest BCUT2D eigenvalue weighted by atomic mass is 16.5. The number of fused-ring (bicyclic) bond motifs is 2. The zero-order valence-corrected chi connectivity index (χ0v) is 17.0. The third-order valence-electron chi connectivity index (χ3n) is 5.79. The number of rotatable bonds is 5. The SMILES string of the molecule is CNc1ccc2ccc(OC(C)C3=CC(n4ccc5c(N)ncnc54)CC3)cc2n1. The molecule has 30 heavy (non-hydrogen) atoms. The molecule has 0 spiro atoms. The standard InChI is InChI=1S/C23H24N6O/c1-14(30-18-7-4-15-5-8-21(25-2)28-20(15)12-18)16-3-6-17(11-16)29-10-9-19-22(24)26-13-27-23(19)29/h4-5,7-14,17H,3,6H2,1-2H3,(H,25,28)(H2,24,26,27). The number of nitrogens with one attached hydrogen (secondary N) is 1. The molecule has 3 heterocycles. The summed E-state index contributed by atoms with van der Waals surface area (Å²) in [6.07, 6.45) is 7.85. The van der Waals surface area contributed by atoms with Crippen LogP contribution < -0.4 is 15.8 Å². The van der Waals surface area contributed by atoms with Crippen molar-refractivity contribution in [2.24, 2.45) is 0 Å². The molecule has 1 aliphatic carbocycles. The van der Waals surface area contributed by atoms with Crippen LogP contribution in [0.1, 0.15) is 25.8 Å². The quantitative estimate of drug-likeness (QED) is 0.485. The lowest BCUT2D eigenvalue weighted by Gasteiger charge is -2.16. The Morgan fingerprint density at radius 1 is 1.20 bits per heavy atom. The van der Waals surface area contributed by atoms with Gasteiger partial charge in [-0.3, -0.25) is 0 Å². The normalized spacial score (nSPS) is 17.3. The first-order chi connectivity index (χ1) is 14.6. The topological polar surface area (TPSA) is 90.9 Å². The molecule has 3 aromatic heterocycles. The smallest absolute Gasteiger partial charge is 0.146 e. The van der Waals surface area contributed by atoms with Gasteiger partial charge in [0.2, 0.25) is 0 Å². The second-order valence-electron chi connectivity index (χ2n) is 7.63. The van der Waals surface area contributed by atoms with Crippen molar-refractivity contribution in [1.29, 1.82) is 0 Å². The van der Waals surface area contributed by atoms with Crippen LogP contribution in [0.15, 0.2) is 60.6 Å². The lowest BCUT2D eigenvalue weighted by molar-refractivity contribution is 0.254. The average molecular weight is 400 g/mol. The van der Waals surface area contributed by atoms with Gasteiger partial charge in [0.05, 0.1) is 16.9 Å². The third-order valence-corrected chi connectivity index (χ3v) is 5.79. The van der Waals surface area contributed by atoms with Crippen LogP contribution in [-0.4, -0.2) is 32.7 Å². The summed E-state index contributed by atoms with van der Waals surface area (Å²) in [6, 6.07) is 12.3. The van der Waals surface area contributed by atoms with Crippen LogP contribution in [0.2, 0.25) is 0 Å². The molecule has 0 saturated carbocycles. The van der Waals surface area contributed by atoms with Gasteiger partial charge in [-0.05, 0) is 55.7 Å². The van der Waals surface area contributed by atoms with Gasteiger partial charge < -0.3 is 20.4 Å². The van der Waals surface area contributed by atoms with Crippen molar-refractivity contribution in [1.82, 2.24) is 19.5 Å².